The molecule has 0 spiro atoms. The highest BCUT2D eigenvalue weighted by atomic mass is 32.2. The van der Waals surface area contributed by atoms with Crippen molar-refractivity contribution in [3.63, 3.8) is 0 Å². The Morgan fingerprint density at radius 3 is 2.27 bits per heavy atom. The molecule has 0 unspecified atom stereocenters. The van der Waals surface area contributed by atoms with E-state index in [0.717, 1.165) is 9.79 Å². The van der Waals surface area contributed by atoms with E-state index in [1.54, 1.807) is 29.8 Å². The van der Waals surface area contributed by atoms with Crippen molar-refractivity contribution in [3.05, 3.63) is 84.7 Å². The molecule has 0 aliphatic carbocycles. The summed E-state index contributed by atoms with van der Waals surface area (Å²) in [5.41, 5.74) is 1.10. The van der Waals surface area contributed by atoms with Crippen LogP contribution in [0.4, 0.5) is 15.8 Å². The fourth-order valence-corrected chi connectivity index (χ4v) is 3.70. The van der Waals surface area contributed by atoms with Crippen molar-refractivity contribution in [2.45, 2.75) is 9.79 Å². The van der Waals surface area contributed by atoms with Crippen molar-refractivity contribution in [3.8, 4) is 0 Å². The molecule has 0 atom stereocenters. The number of likely N-dealkylation sites (N-methyl/N-ethyl adjacent to an activating group) is 1. The van der Waals surface area contributed by atoms with Gasteiger partial charge in [-0.15, -0.1) is 0 Å². The van der Waals surface area contributed by atoms with E-state index < -0.39 is 5.82 Å². The molecular weight excluding hydrogens is 401 g/mol. The summed E-state index contributed by atoms with van der Waals surface area (Å²) in [7, 11) is 1.68. The highest BCUT2D eigenvalue weighted by Crippen LogP contribution is 2.33. The summed E-state index contributed by atoms with van der Waals surface area (Å²) in [6.07, 6.45) is 0. The highest BCUT2D eigenvalue weighted by molar-refractivity contribution is 7.99. The molecule has 7 heteroatoms. The Kier molecular flexibility index (Phi) is 7.59. The molecule has 0 aromatic heterocycles. The van der Waals surface area contributed by atoms with E-state index in [1.807, 2.05) is 54.6 Å². The van der Waals surface area contributed by atoms with Gasteiger partial charge in [-0.05, 0) is 49.5 Å². The van der Waals surface area contributed by atoms with E-state index in [2.05, 4.69) is 10.6 Å². The SMILES string of the molecule is CN(CC(=O)Nc1cccc(F)c1)CC(=O)Nc1ccccc1Sc1ccccc1. The molecule has 0 radical (unpaired) electrons. The lowest BCUT2D eigenvalue weighted by Gasteiger charge is -2.17. The highest BCUT2D eigenvalue weighted by Gasteiger charge is 2.13. The van der Waals surface area contributed by atoms with Gasteiger partial charge in [0.2, 0.25) is 11.8 Å². The molecule has 0 bridgehead atoms. The molecule has 3 aromatic rings. The fourth-order valence-electron chi connectivity index (χ4n) is 2.78. The van der Waals surface area contributed by atoms with Crippen LogP contribution in [0.25, 0.3) is 0 Å². The Hall–Kier alpha value is -3.16. The number of benzene rings is 3. The maximum absolute atomic E-state index is 13.2. The second-order valence-corrected chi connectivity index (χ2v) is 7.81. The first-order valence-corrected chi connectivity index (χ1v) is 10.2. The van der Waals surface area contributed by atoms with Gasteiger partial charge in [-0.1, -0.05) is 48.2 Å². The first-order valence-electron chi connectivity index (χ1n) is 9.35. The number of carbonyl (C=O) groups is 2. The third-order valence-electron chi connectivity index (χ3n) is 4.07. The summed E-state index contributed by atoms with van der Waals surface area (Å²) < 4.78 is 13.2. The van der Waals surface area contributed by atoms with Crippen LogP contribution < -0.4 is 10.6 Å². The number of anilines is 2. The smallest absolute Gasteiger partial charge is 0.238 e. The van der Waals surface area contributed by atoms with Crippen molar-refractivity contribution >= 4 is 35.0 Å². The van der Waals surface area contributed by atoms with Gasteiger partial charge in [-0.2, -0.15) is 0 Å². The lowest BCUT2D eigenvalue weighted by Crippen LogP contribution is -2.36. The number of halogens is 1. The summed E-state index contributed by atoms with van der Waals surface area (Å²) in [4.78, 5) is 28.2. The largest absolute Gasteiger partial charge is 0.325 e. The normalized spacial score (nSPS) is 10.6. The van der Waals surface area contributed by atoms with Gasteiger partial charge in [0, 0.05) is 15.5 Å². The van der Waals surface area contributed by atoms with Crippen LogP contribution in [0, 0.1) is 5.82 Å². The van der Waals surface area contributed by atoms with Gasteiger partial charge in [0.05, 0.1) is 18.8 Å². The zero-order valence-corrected chi connectivity index (χ0v) is 17.3. The zero-order valence-electron chi connectivity index (χ0n) is 16.5. The summed E-state index contributed by atoms with van der Waals surface area (Å²) in [5, 5.41) is 5.53. The molecule has 154 valence electrons. The number of amides is 2. The second kappa shape index (κ2) is 10.6. The Balaban J connectivity index is 1.53. The maximum atomic E-state index is 13.2. The van der Waals surface area contributed by atoms with Crippen LogP contribution >= 0.6 is 11.8 Å². The van der Waals surface area contributed by atoms with Crippen LogP contribution in [0.5, 0.6) is 0 Å². The molecule has 2 amide bonds. The van der Waals surface area contributed by atoms with Crippen LogP contribution in [-0.2, 0) is 9.59 Å². The number of rotatable bonds is 8. The van der Waals surface area contributed by atoms with Gasteiger partial charge in [-0.3, -0.25) is 14.5 Å². The lowest BCUT2D eigenvalue weighted by molar-refractivity contribution is -0.119. The first-order chi connectivity index (χ1) is 14.5. The van der Waals surface area contributed by atoms with Crippen LogP contribution in [-0.4, -0.2) is 36.9 Å². The van der Waals surface area contributed by atoms with Gasteiger partial charge in [-0.25, -0.2) is 4.39 Å². The second-order valence-electron chi connectivity index (χ2n) is 6.69. The molecule has 2 N–H and O–H groups in total. The Morgan fingerprint density at radius 1 is 0.867 bits per heavy atom. The Labute approximate surface area is 179 Å². The molecule has 0 aliphatic heterocycles. The molecule has 5 nitrogen and oxygen atoms in total. The number of nitrogens with one attached hydrogen (secondary N) is 2. The third kappa shape index (κ3) is 6.72. The Morgan fingerprint density at radius 2 is 1.53 bits per heavy atom. The van der Waals surface area contributed by atoms with E-state index in [4.69, 9.17) is 0 Å². The van der Waals surface area contributed by atoms with Crippen LogP contribution in [0.3, 0.4) is 0 Å². The maximum Gasteiger partial charge on any atom is 0.238 e. The monoisotopic (exact) mass is 423 g/mol. The van der Waals surface area contributed by atoms with Crippen molar-refractivity contribution in [2.75, 3.05) is 30.8 Å². The van der Waals surface area contributed by atoms with Crippen molar-refractivity contribution in [2.24, 2.45) is 0 Å². The molecule has 0 fully saturated rings. The molecule has 3 rings (SSSR count). The van der Waals surface area contributed by atoms with Crippen LogP contribution in [0.2, 0.25) is 0 Å². The van der Waals surface area contributed by atoms with E-state index in [-0.39, 0.29) is 24.9 Å². The van der Waals surface area contributed by atoms with Gasteiger partial charge in [0.15, 0.2) is 0 Å². The van der Waals surface area contributed by atoms with Crippen LogP contribution in [0.15, 0.2) is 88.7 Å². The number of carbonyl (C=O) groups excluding carboxylic acids is 2. The van der Waals surface area contributed by atoms with E-state index in [1.165, 1.54) is 18.2 Å². The first kappa shape index (κ1) is 21.5. The van der Waals surface area contributed by atoms with Gasteiger partial charge in [0.1, 0.15) is 5.82 Å². The summed E-state index contributed by atoms with van der Waals surface area (Å²) in [5.74, 6) is -0.972. The molecule has 0 aliphatic rings. The van der Waals surface area contributed by atoms with Crippen LogP contribution in [0.1, 0.15) is 0 Å². The summed E-state index contributed by atoms with van der Waals surface area (Å²) >= 11 is 1.57. The minimum atomic E-state index is -0.424. The average Bonchev–Trinajstić information content (AvgIpc) is 2.70. The van der Waals surface area contributed by atoms with Gasteiger partial charge >= 0.3 is 0 Å². The summed E-state index contributed by atoms with van der Waals surface area (Å²) in [6.45, 7) is 0.0469. The average molecular weight is 424 g/mol. The molecular formula is C23H22FN3O2S. The third-order valence-corrected chi connectivity index (χ3v) is 5.15. The van der Waals surface area contributed by atoms with E-state index in [9.17, 15) is 14.0 Å². The number of nitrogens with zero attached hydrogens (tertiary/aromatic N) is 1. The van der Waals surface area contributed by atoms with Gasteiger partial charge < -0.3 is 10.6 Å². The fraction of sp³-hybridized carbons (Fsp3) is 0.130. The number of para-hydroxylation sites is 1. The Bertz CT molecular complexity index is 1010. The van der Waals surface area contributed by atoms with Gasteiger partial charge in [0.25, 0.3) is 0 Å². The number of hydrogen-bond acceptors (Lipinski definition) is 4. The molecule has 0 saturated carbocycles. The molecule has 30 heavy (non-hydrogen) atoms. The van der Waals surface area contributed by atoms with Crippen molar-refractivity contribution in [1.29, 1.82) is 0 Å². The molecule has 0 saturated heterocycles. The quantitative estimate of drug-likeness (QED) is 0.561. The summed E-state index contributed by atoms with van der Waals surface area (Å²) in [6, 6.07) is 23.2. The minimum absolute atomic E-state index is 0.00431. The zero-order chi connectivity index (χ0) is 21.3. The minimum Gasteiger partial charge on any atom is -0.325 e. The van der Waals surface area contributed by atoms with E-state index >= 15 is 0 Å². The molecule has 0 heterocycles. The number of hydrogen-bond donors (Lipinski definition) is 2. The van der Waals surface area contributed by atoms with E-state index in [0.29, 0.717) is 11.4 Å². The van der Waals surface area contributed by atoms with Crippen molar-refractivity contribution in [1.82, 2.24) is 4.90 Å². The van der Waals surface area contributed by atoms with Crippen molar-refractivity contribution < 1.29 is 14.0 Å². The lowest BCUT2D eigenvalue weighted by atomic mass is 10.3. The predicted octanol–water partition coefficient (Wildman–Crippen LogP) is 4.49. The molecule has 3 aromatic carbocycles. The topological polar surface area (TPSA) is 61.4 Å². The predicted molar refractivity (Wildman–Crippen MR) is 118 cm³/mol. The standard InChI is InChI=1S/C23H22FN3O2S/c1-27(15-22(28)25-18-9-7-8-17(24)14-18)16-23(29)26-20-12-5-6-13-21(20)30-19-10-3-2-4-11-19/h2-14H,15-16H2,1H3,(H,25,28)(H,26,29).